The summed E-state index contributed by atoms with van der Waals surface area (Å²) < 4.78 is 0. The van der Waals surface area contributed by atoms with E-state index in [1.165, 1.54) is 48.1 Å². The number of rotatable bonds is 5. The first-order valence-electron chi connectivity index (χ1n) is 6.60. The van der Waals surface area contributed by atoms with E-state index in [9.17, 15) is 0 Å². The van der Waals surface area contributed by atoms with Crippen LogP contribution in [0.3, 0.4) is 0 Å². The Morgan fingerprint density at radius 2 is 2.35 bits per heavy atom. The van der Waals surface area contributed by atoms with Crippen LogP contribution in [0.5, 0.6) is 0 Å². The molecule has 1 N–H and O–H groups in total. The summed E-state index contributed by atoms with van der Waals surface area (Å²) in [4.78, 5) is 8.56. The van der Waals surface area contributed by atoms with Crippen LogP contribution >= 0.6 is 11.3 Å². The number of nitrogens with zero attached hydrogens (tertiary/aromatic N) is 2. The molecule has 1 atom stereocenters. The predicted octanol–water partition coefficient (Wildman–Crippen LogP) is 2.80. The van der Waals surface area contributed by atoms with E-state index in [2.05, 4.69) is 24.1 Å². The quantitative estimate of drug-likeness (QED) is 0.874. The number of aromatic nitrogens is 1. The van der Waals surface area contributed by atoms with E-state index in [0.29, 0.717) is 0 Å². The first-order chi connectivity index (χ1) is 8.24. The third kappa shape index (κ3) is 2.99. The van der Waals surface area contributed by atoms with Gasteiger partial charge in [-0.15, -0.1) is 11.3 Å². The molecule has 1 saturated heterocycles. The predicted molar refractivity (Wildman–Crippen MR) is 74.8 cm³/mol. The lowest BCUT2D eigenvalue weighted by Crippen LogP contribution is -2.19. The monoisotopic (exact) mass is 253 g/mol. The first kappa shape index (κ1) is 12.8. The summed E-state index contributed by atoms with van der Waals surface area (Å²) in [5.74, 6) is 0.886. The van der Waals surface area contributed by atoms with Crippen LogP contribution in [0.4, 0.5) is 5.13 Å². The van der Waals surface area contributed by atoms with E-state index in [1.807, 2.05) is 18.4 Å². The van der Waals surface area contributed by atoms with Crippen LogP contribution in [-0.4, -0.2) is 25.1 Å². The molecule has 2 rings (SSSR count). The lowest BCUT2D eigenvalue weighted by Gasteiger charge is -2.14. The van der Waals surface area contributed by atoms with Crippen molar-refractivity contribution in [1.29, 1.82) is 0 Å². The fraction of sp³-hybridized carbons (Fsp3) is 0.769. The minimum Gasteiger partial charge on any atom is -0.348 e. The van der Waals surface area contributed by atoms with E-state index in [0.717, 1.165) is 12.5 Å². The Balaban J connectivity index is 2.01. The van der Waals surface area contributed by atoms with Crippen molar-refractivity contribution in [3.63, 3.8) is 0 Å². The SMILES string of the molecule is CCCC1CCN(c2nc(C)c(CNC)s2)C1. The van der Waals surface area contributed by atoms with Crippen molar-refractivity contribution >= 4 is 16.5 Å². The lowest BCUT2D eigenvalue weighted by atomic mass is 10.0. The molecule has 0 bridgehead atoms. The number of hydrogen-bond donors (Lipinski definition) is 1. The van der Waals surface area contributed by atoms with E-state index in [4.69, 9.17) is 4.98 Å². The Kier molecular flexibility index (Phi) is 4.40. The highest BCUT2D eigenvalue weighted by Crippen LogP contribution is 2.31. The molecule has 0 saturated carbocycles. The Bertz CT molecular complexity index is 362. The average molecular weight is 253 g/mol. The zero-order valence-corrected chi connectivity index (χ0v) is 11.9. The fourth-order valence-electron chi connectivity index (χ4n) is 2.52. The second-order valence-electron chi connectivity index (χ2n) is 4.92. The molecule has 0 radical (unpaired) electrons. The summed E-state index contributed by atoms with van der Waals surface area (Å²) >= 11 is 1.85. The van der Waals surface area contributed by atoms with Crippen molar-refractivity contribution in [2.24, 2.45) is 5.92 Å². The van der Waals surface area contributed by atoms with E-state index >= 15 is 0 Å². The third-order valence-corrected chi connectivity index (χ3v) is 4.69. The molecule has 2 heterocycles. The maximum Gasteiger partial charge on any atom is 0.185 e. The summed E-state index contributed by atoms with van der Waals surface area (Å²) in [5, 5.41) is 4.44. The van der Waals surface area contributed by atoms with Crippen LogP contribution in [-0.2, 0) is 6.54 Å². The maximum absolute atomic E-state index is 4.71. The fourth-order valence-corrected chi connectivity index (χ4v) is 3.63. The van der Waals surface area contributed by atoms with Crippen molar-refractivity contribution in [3.05, 3.63) is 10.6 Å². The highest BCUT2D eigenvalue weighted by molar-refractivity contribution is 7.15. The molecule has 1 unspecified atom stereocenters. The minimum absolute atomic E-state index is 0.886. The van der Waals surface area contributed by atoms with Gasteiger partial charge in [-0.05, 0) is 32.7 Å². The van der Waals surface area contributed by atoms with Gasteiger partial charge in [0.15, 0.2) is 5.13 Å². The lowest BCUT2D eigenvalue weighted by molar-refractivity contribution is 0.530. The van der Waals surface area contributed by atoms with Crippen molar-refractivity contribution in [2.45, 2.75) is 39.7 Å². The van der Waals surface area contributed by atoms with Gasteiger partial charge >= 0.3 is 0 Å². The van der Waals surface area contributed by atoms with Gasteiger partial charge in [-0.2, -0.15) is 0 Å². The van der Waals surface area contributed by atoms with Crippen LogP contribution in [0.15, 0.2) is 0 Å². The van der Waals surface area contributed by atoms with E-state index in [1.54, 1.807) is 0 Å². The minimum atomic E-state index is 0.886. The summed E-state index contributed by atoms with van der Waals surface area (Å²) in [6.07, 6.45) is 4.01. The standard InChI is InChI=1S/C13H23N3S/c1-4-5-11-6-7-16(9-11)13-15-10(2)12(17-13)8-14-3/h11,14H,4-9H2,1-3H3. The second-order valence-corrected chi connectivity index (χ2v) is 5.99. The van der Waals surface area contributed by atoms with Crippen LogP contribution in [0.1, 0.15) is 36.8 Å². The van der Waals surface area contributed by atoms with Crippen molar-refractivity contribution in [1.82, 2.24) is 10.3 Å². The Morgan fingerprint density at radius 1 is 1.53 bits per heavy atom. The zero-order chi connectivity index (χ0) is 12.3. The number of nitrogens with one attached hydrogen (secondary N) is 1. The Hall–Kier alpha value is -0.610. The molecule has 1 fully saturated rings. The summed E-state index contributed by atoms with van der Waals surface area (Å²) in [6.45, 7) is 7.74. The van der Waals surface area contributed by atoms with Gasteiger partial charge < -0.3 is 10.2 Å². The molecule has 1 aliphatic heterocycles. The molecule has 17 heavy (non-hydrogen) atoms. The summed E-state index contributed by atoms with van der Waals surface area (Å²) in [5.41, 5.74) is 1.19. The molecule has 1 aromatic rings. The topological polar surface area (TPSA) is 28.2 Å². The van der Waals surface area contributed by atoms with Crippen LogP contribution < -0.4 is 10.2 Å². The number of hydrogen-bond acceptors (Lipinski definition) is 4. The van der Waals surface area contributed by atoms with Crippen molar-refractivity contribution < 1.29 is 0 Å². The van der Waals surface area contributed by atoms with E-state index in [-0.39, 0.29) is 0 Å². The Labute approximate surface area is 108 Å². The highest BCUT2D eigenvalue weighted by atomic mass is 32.1. The second kappa shape index (κ2) is 5.83. The molecular formula is C13H23N3S. The van der Waals surface area contributed by atoms with Crippen LogP contribution in [0.2, 0.25) is 0 Å². The molecular weight excluding hydrogens is 230 g/mol. The van der Waals surface area contributed by atoms with Gasteiger partial charge in [0.05, 0.1) is 5.69 Å². The maximum atomic E-state index is 4.71. The van der Waals surface area contributed by atoms with Gasteiger partial charge in [-0.25, -0.2) is 4.98 Å². The van der Waals surface area contributed by atoms with Crippen LogP contribution in [0.25, 0.3) is 0 Å². The molecule has 96 valence electrons. The van der Waals surface area contributed by atoms with Crippen molar-refractivity contribution in [3.8, 4) is 0 Å². The molecule has 0 spiro atoms. The van der Waals surface area contributed by atoms with Gasteiger partial charge in [-0.3, -0.25) is 0 Å². The molecule has 1 aliphatic rings. The van der Waals surface area contributed by atoms with Gasteiger partial charge in [-0.1, -0.05) is 13.3 Å². The molecule has 0 amide bonds. The highest BCUT2D eigenvalue weighted by Gasteiger charge is 2.24. The largest absolute Gasteiger partial charge is 0.348 e. The first-order valence-corrected chi connectivity index (χ1v) is 7.42. The van der Waals surface area contributed by atoms with Gasteiger partial charge in [0.25, 0.3) is 0 Å². The summed E-state index contributed by atoms with van der Waals surface area (Å²) in [6, 6.07) is 0. The average Bonchev–Trinajstić information content (AvgIpc) is 2.88. The Morgan fingerprint density at radius 3 is 3.06 bits per heavy atom. The van der Waals surface area contributed by atoms with Gasteiger partial charge in [0, 0.05) is 24.5 Å². The molecule has 3 nitrogen and oxygen atoms in total. The normalized spacial score (nSPS) is 20.2. The number of thiazole rings is 1. The molecule has 0 aliphatic carbocycles. The number of aryl methyl sites for hydroxylation is 1. The summed E-state index contributed by atoms with van der Waals surface area (Å²) in [7, 11) is 1.99. The molecule has 1 aromatic heterocycles. The zero-order valence-electron chi connectivity index (χ0n) is 11.1. The van der Waals surface area contributed by atoms with Crippen LogP contribution in [0, 0.1) is 12.8 Å². The van der Waals surface area contributed by atoms with Crippen molar-refractivity contribution in [2.75, 3.05) is 25.0 Å². The molecule has 0 aromatic carbocycles. The van der Waals surface area contributed by atoms with Gasteiger partial charge in [0.1, 0.15) is 0 Å². The van der Waals surface area contributed by atoms with Gasteiger partial charge in [0.2, 0.25) is 0 Å². The van der Waals surface area contributed by atoms with E-state index < -0.39 is 0 Å². The third-order valence-electron chi connectivity index (χ3n) is 3.47. The smallest absolute Gasteiger partial charge is 0.185 e. The molecule has 4 heteroatoms. The number of anilines is 1.